The number of carbonyl (C=O) groups is 1. The Hall–Kier alpha value is -2.02. The van der Waals surface area contributed by atoms with Gasteiger partial charge in [0.2, 0.25) is 5.91 Å². The van der Waals surface area contributed by atoms with Crippen LogP contribution in [0.25, 0.3) is 0 Å². The van der Waals surface area contributed by atoms with Crippen molar-refractivity contribution in [2.24, 2.45) is 0 Å². The van der Waals surface area contributed by atoms with E-state index in [9.17, 15) is 4.79 Å². The van der Waals surface area contributed by atoms with Gasteiger partial charge in [-0.05, 0) is 47.0 Å². The Morgan fingerprint density at radius 3 is 2.67 bits per heavy atom. The molecule has 0 fully saturated rings. The molecule has 130 valence electrons. The molecule has 1 aromatic heterocycles. The third-order valence-electron chi connectivity index (χ3n) is 3.64. The number of carbonyl (C=O) groups excluding carboxylic acids is 1. The minimum atomic E-state index is 0.0137. The molecule has 6 nitrogen and oxygen atoms in total. The number of amides is 1. The van der Waals surface area contributed by atoms with Crippen molar-refractivity contribution >= 4 is 21.8 Å². The molecule has 7 heteroatoms. The smallest absolute Gasteiger partial charge is 0.221 e. The van der Waals surface area contributed by atoms with Gasteiger partial charge in [0.05, 0.1) is 24.4 Å². The van der Waals surface area contributed by atoms with Crippen molar-refractivity contribution < 1.29 is 14.3 Å². The van der Waals surface area contributed by atoms with E-state index in [2.05, 4.69) is 26.3 Å². The second-order valence-electron chi connectivity index (χ2n) is 5.36. The first-order valence-electron chi connectivity index (χ1n) is 7.70. The number of benzene rings is 1. The van der Waals surface area contributed by atoms with Crippen molar-refractivity contribution in [1.82, 2.24) is 15.1 Å². The number of hydrogen-bond donors (Lipinski definition) is 1. The van der Waals surface area contributed by atoms with E-state index in [-0.39, 0.29) is 5.91 Å². The van der Waals surface area contributed by atoms with Gasteiger partial charge in [0.1, 0.15) is 0 Å². The molecule has 0 bridgehead atoms. The summed E-state index contributed by atoms with van der Waals surface area (Å²) in [6.07, 6.45) is 3.02. The molecule has 0 aliphatic rings. The lowest BCUT2D eigenvalue weighted by molar-refractivity contribution is -0.121. The van der Waals surface area contributed by atoms with Gasteiger partial charge in [0.25, 0.3) is 0 Å². The van der Waals surface area contributed by atoms with Crippen LogP contribution in [0.2, 0.25) is 0 Å². The Morgan fingerprint density at radius 1 is 1.29 bits per heavy atom. The Kier molecular flexibility index (Phi) is 6.66. The van der Waals surface area contributed by atoms with Gasteiger partial charge in [0, 0.05) is 25.7 Å². The second kappa shape index (κ2) is 8.73. The van der Waals surface area contributed by atoms with E-state index in [0.29, 0.717) is 31.0 Å². The minimum Gasteiger partial charge on any atom is -0.493 e. The van der Waals surface area contributed by atoms with Crippen LogP contribution in [0.1, 0.15) is 17.7 Å². The predicted molar refractivity (Wildman–Crippen MR) is 95.5 cm³/mol. The van der Waals surface area contributed by atoms with Gasteiger partial charge in [-0.25, -0.2) is 0 Å². The SMILES string of the molecule is COc1ccc(CCNC(=O)CCn2cc(Br)c(C)n2)cc1OC. The van der Waals surface area contributed by atoms with Gasteiger partial charge in [-0.15, -0.1) is 0 Å². The summed E-state index contributed by atoms with van der Waals surface area (Å²) in [5.41, 5.74) is 2.00. The van der Waals surface area contributed by atoms with Crippen molar-refractivity contribution in [3.05, 3.63) is 40.1 Å². The number of rotatable bonds is 8. The van der Waals surface area contributed by atoms with E-state index in [1.54, 1.807) is 18.9 Å². The zero-order valence-corrected chi connectivity index (χ0v) is 15.7. The molecule has 1 N–H and O–H groups in total. The fourth-order valence-electron chi connectivity index (χ4n) is 2.29. The first-order valence-corrected chi connectivity index (χ1v) is 8.50. The average molecular weight is 396 g/mol. The topological polar surface area (TPSA) is 65.4 Å². The van der Waals surface area contributed by atoms with Crippen LogP contribution in [0.4, 0.5) is 0 Å². The maximum absolute atomic E-state index is 11.9. The zero-order chi connectivity index (χ0) is 17.5. The normalized spacial score (nSPS) is 10.5. The van der Waals surface area contributed by atoms with Crippen molar-refractivity contribution in [1.29, 1.82) is 0 Å². The van der Waals surface area contributed by atoms with Crippen LogP contribution in [0.3, 0.4) is 0 Å². The van der Waals surface area contributed by atoms with Crippen LogP contribution >= 0.6 is 15.9 Å². The molecule has 2 aromatic rings. The highest BCUT2D eigenvalue weighted by Gasteiger charge is 2.07. The molecule has 0 spiro atoms. The van der Waals surface area contributed by atoms with Gasteiger partial charge < -0.3 is 14.8 Å². The Morgan fingerprint density at radius 2 is 2.04 bits per heavy atom. The summed E-state index contributed by atoms with van der Waals surface area (Å²) in [5.74, 6) is 1.41. The summed E-state index contributed by atoms with van der Waals surface area (Å²) in [6.45, 7) is 3.06. The van der Waals surface area contributed by atoms with E-state index in [1.165, 1.54) is 0 Å². The molecule has 0 saturated heterocycles. The van der Waals surface area contributed by atoms with Crippen LogP contribution in [0, 0.1) is 6.92 Å². The summed E-state index contributed by atoms with van der Waals surface area (Å²) >= 11 is 3.41. The van der Waals surface area contributed by atoms with E-state index in [4.69, 9.17) is 9.47 Å². The lowest BCUT2D eigenvalue weighted by atomic mass is 10.1. The first-order chi connectivity index (χ1) is 11.5. The molecule has 24 heavy (non-hydrogen) atoms. The Balaban J connectivity index is 1.76. The third-order valence-corrected chi connectivity index (χ3v) is 4.42. The molecule has 0 radical (unpaired) electrons. The van der Waals surface area contributed by atoms with E-state index in [1.807, 2.05) is 31.3 Å². The number of aromatic nitrogens is 2. The number of aryl methyl sites for hydroxylation is 2. The Labute approximate surface area is 150 Å². The van der Waals surface area contributed by atoms with Gasteiger partial charge in [0.15, 0.2) is 11.5 Å². The van der Waals surface area contributed by atoms with Crippen LogP contribution < -0.4 is 14.8 Å². The van der Waals surface area contributed by atoms with Gasteiger partial charge in [-0.2, -0.15) is 5.10 Å². The zero-order valence-electron chi connectivity index (χ0n) is 14.1. The maximum atomic E-state index is 11.9. The minimum absolute atomic E-state index is 0.0137. The van der Waals surface area contributed by atoms with Crippen molar-refractivity contribution in [2.75, 3.05) is 20.8 Å². The Bertz CT molecular complexity index is 681. The predicted octanol–water partition coefficient (Wildman–Crippen LogP) is 2.72. The van der Waals surface area contributed by atoms with Crippen molar-refractivity contribution in [2.45, 2.75) is 26.3 Å². The van der Waals surface area contributed by atoms with Crippen molar-refractivity contribution in [3.63, 3.8) is 0 Å². The highest BCUT2D eigenvalue weighted by Crippen LogP contribution is 2.27. The highest BCUT2D eigenvalue weighted by atomic mass is 79.9. The van der Waals surface area contributed by atoms with E-state index >= 15 is 0 Å². The van der Waals surface area contributed by atoms with Gasteiger partial charge >= 0.3 is 0 Å². The molecule has 0 atom stereocenters. The molecule has 1 heterocycles. The van der Waals surface area contributed by atoms with Gasteiger partial charge in [-0.3, -0.25) is 9.48 Å². The fraction of sp³-hybridized carbons (Fsp3) is 0.412. The van der Waals surface area contributed by atoms with Crippen LogP contribution in [0.15, 0.2) is 28.9 Å². The fourth-order valence-corrected chi connectivity index (χ4v) is 2.61. The summed E-state index contributed by atoms with van der Waals surface area (Å²) in [6, 6.07) is 5.76. The third kappa shape index (κ3) is 4.99. The molecule has 0 aliphatic heterocycles. The largest absolute Gasteiger partial charge is 0.493 e. The monoisotopic (exact) mass is 395 g/mol. The maximum Gasteiger partial charge on any atom is 0.221 e. The molecular formula is C17H22BrN3O3. The number of ether oxygens (including phenoxy) is 2. The quantitative estimate of drug-likeness (QED) is 0.745. The summed E-state index contributed by atoms with van der Waals surface area (Å²) in [7, 11) is 3.22. The molecule has 0 unspecified atom stereocenters. The summed E-state index contributed by atoms with van der Waals surface area (Å²) in [4.78, 5) is 11.9. The van der Waals surface area contributed by atoms with Crippen LogP contribution in [0.5, 0.6) is 11.5 Å². The highest BCUT2D eigenvalue weighted by molar-refractivity contribution is 9.10. The lowest BCUT2D eigenvalue weighted by Gasteiger charge is -2.10. The number of halogens is 1. The summed E-state index contributed by atoms with van der Waals surface area (Å²) < 4.78 is 13.2. The van der Waals surface area contributed by atoms with E-state index in [0.717, 1.165) is 22.2 Å². The molecule has 0 saturated carbocycles. The number of nitrogens with one attached hydrogen (secondary N) is 1. The van der Waals surface area contributed by atoms with Crippen molar-refractivity contribution in [3.8, 4) is 11.5 Å². The van der Waals surface area contributed by atoms with Crippen LogP contribution in [-0.2, 0) is 17.8 Å². The molecular weight excluding hydrogens is 374 g/mol. The standard InChI is InChI=1S/C17H22BrN3O3/c1-12-14(18)11-21(20-12)9-7-17(22)19-8-6-13-4-5-15(23-2)16(10-13)24-3/h4-5,10-11H,6-9H2,1-3H3,(H,19,22). The molecule has 1 amide bonds. The number of hydrogen-bond acceptors (Lipinski definition) is 4. The second-order valence-corrected chi connectivity index (χ2v) is 6.22. The molecule has 1 aromatic carbocycles. The van der Waals surface area contributed by atoms with Crippen LogP contribution in [-0.4, -0.2) is 36.5 Å². The summed E-state index contributed by atoms with van der Waals surface area (Å²) in [5, 5.41) is 7.23. The number of nitrogens with zero attached hydrogens (tertiary/aromatic N) is 2. The number of methoxy groups -OCH3 is 2. The average Bonchev–Trinajstić information content (AvgIpc) is 2.91. The lowest BCUT2D eigenvalue weighted by Crippen LogP contribution is -2.26. The molecule has 0 aliphatic carbocycles. The van der Waals surface area contributed by atoms with E-state index < -0.39 is 0 Å². The van der Waals surface area contributed by atoms with Gasteiger partial charge in [-0.1, -0.05) is 6.07 Å². The first kappa shape index (κ1) is 18.3. The molecule has 2 rings (SSSR count).